The standard InChI is InChI=1S/C30H26O5/c31-28(29(32)33)27-25(20-11-3-1-4-12-20)24(26(27)21-13-5-2-6-14-21)18-35-30(34)23-17-9-15-19-10-7-8-16-22(19)23/h1-17,24-28,31H,18H2,(H,32,33). The lowest BCUT2D eigenvalue weighted by Crippen LogP contribution is -2.53. The number of carboxylic acids is 1. The molecule has 0 heterocycles. The molecule has 35 heavy (non-hydrogen) atoms. The van der Waals surface area contributed by atoms with Gasteiger partial charge in [-0.25, -0.2) is 9.59 Å². The molecular weight excluding hydrogens is 440 g/mol. The van der Waals surface area contributed by atoms with Gasteiger partial charge in [-0.05, 0) is 39.8 Å². The number of aliphatic hydroxyl groups is 1. The quantitative estimate of drug-likeness (QED) is 0.363. The summed E-state index contributed by atoms with van der Waals surface area (Å²) in [5, 5.41) is 22.1. The van der Waals surface area contributed by atoms with Gasteiger partial charge in [0.2, 0.25) is 0 Å². The van der Waals surface area contributed by atoms with Gasteiger partial charge in [-0.2, -0.15) is 0 Å². The van der Waals surface area contributed by atoms with E-state index in [0.717, 1.165) is 21.9 Å². The second kappa shape index (κ2) is 9.72. The van der Waals surface area contributed by atoms with E-state index in [4.69, 9.17) is 4.74 Å². The van der Waals surface area contributed by atoms with Gasteiger partial charge in [0.15, 0.2) is 6.10 Å². The van der Waals surface area contributed by atoms with E-state index in [1.165, 1.54) is 0 Å². The van der Waals surface area contributed by atoms with Crippen molar-refractivity contribution in [1.82, 2.24) is 0 Å². The fourth-order valence-corrected chi connectivity index (χ4v) is 5.58. The van der Waals surface area contributed by atoms with Crippen molar-refractivity contribution in [2.75, 3.05) is 6.61 Å². The fraction of sp³-hybridized carbons (Fsp3) is 0.200. The Labute approximate surface area is 203 Å². The maximum Gasteiger partial charge on any atom is 0.338 e. The molecule has 1 aliphatic carbocycles. The minimum absolute atomic E-state index is 0.115. The largest absolute Gasteiger partial charge is 0.479 e. The number of aliphatic hydroxyl groups excluding tert-OH is 1. The van der Waals surface area contributed by atoms with Crippen LogP contribution in [0.4, 0.5) is 0 Å². The minimum Gasteiger partial charge on any atom is -0.479 e. The zero-order chi connectivity index (χ0) is 24.4. The Morgan fingerprint density at radius 3 is 1.89 bits per heavy atom. The van der Waals surface area contributed by atoms with Crippen molar-refractivity contribution < 1.29 is 24.5 Å². The van der Waals surface area contributed by atoms with Gasteiger partial charge in [0.25, 0.3) is 0 Å². The number of ether oxygens (including phenoxy) is 1. The Bertz CT molecular complexity index is 1280. The van der Waals surface area contributed by atoms with Crippen LogP contribution in [0.1, 0.15) is 33.3 Å². The van der Waals surface area contributed by atoms with Crippen molar-refractivity contribution in [1.29, 1.82) is 0 Å². The predicted molar refractivity (Wildman–Crippen MR) is 133 cm³/mol. The number of carboxylic acid groups (broad SMARTS) is 1. The molecule has 0 amide bonds. The highest BCUT2D eigenvalue weighted by atomic mass is 16.5. The Balaban J connectivity index is 1.47. The molecule has 5 heteroatoms. The number of fused-ring (bicyclic) bond motifs is 1. The van der Waals surface area contributed by atoms with Gasteiger partial charge in [-0.1, -0.05) is 97.1 Å². The molecule has 0 saturated heterocycles. The number of carbonyl (C=O) groups is 2. The highest BCUT2D eigenvalue weighted by molar-refractivity contribution is 6.04. The molecule has 0 aromatic heterocycles. The summed E-state index contributed by atoms with van der Waals surface area (Å²) < 4.78 is 5.86. The molecule has 4 aromatic rings. The van der Waals surface area contributed by atoms with Gasteiger partial charge in [-0.15, -0.1) is 0 Å². The molecule has 176 valence electrons. The Hall–Kier alpha value is -3.96. The molecule has 1 fully saturated rings. The summed E-state index contributed by atoms with van der Waals surface area (Å²) >= 11 is 0. The molecule has 1 aliphatic rings. The SMILES string of the molecule is O=C(OCC1C(c2ccccc2)C(C(O)C(=O)O)C1c1ccccc1)c1cccc2ccccc12. The Kier molecular flexibility index (Phi) is 6.34. The molecule has 0 aliphatic heterocycles. The van der Waals surface area contributed by atoms with Crippen LogP contribution in [0, 0.1) is 11.8 Å². The van der Waals surface area contributed by atoms with Crippen LogP contribution < -0.4 is 0 Å². The number of rotatable bonds is 7. The number of hydrogen-bond donors (Lipinski definition) is 2. The number of benzene rings is 4. The second-order valence-electron chi connectivity index (χ2n) is 9.02. The summed E-state index contributed by atoms with van der Waals surface area (Å²) in [4.78, 5) is 25.0. The van der Waals surface area contributed by atoms with Crippen molar-refractivity contribution in [3.8, 4) is 0 Å². The lowest BCUT2D eigenvalue weighted by Gasteiger charge is -2.53. The number of aliphatic carboxylic acids is 1. The maximum absolute atomic E-state index is 13.1. The van der Waals surface area contributed by atoms with Crippen molar-refractivity contribution in [3.63, 3.8) is 0 Å². The van der Waals surface area contributed by atoms with E-state index < -0.39 is 24.0 Å². The van der Waals surface area contributed by atoms with E-state index in [1.54, 1.807) is 6.07 Å². The number of carbonyl (C=O) groups excluding carboxylic acids is 1. The molecule has 0 radical (unpaired) electrons. The molecule has 5 rings (SSSR count). The molecule has 0 bridgehead atoms. The van der Waals surface area contributed by atoms with E-state index in [1.807, 2.05) is 97.1 Å². The summed E-state index contributed by atoms with van der Waals surface area (Å²) in [6.07, 6.45) is -1.53. The van der Waals surface area contributed by atoms with Crippen LogP contribution in [0.2, 0.25) is 0 Å². The zero-order valence-electron chi connectivity index (χ0n) is 19.0. The number of hydrogen-bond acceptors (Lipinski definition) is 4. The van der Waals surface area contributed by atoms with Gasteiger partial charge >= 0.3 is 11.9 Å². The first kappa shape index (κ1) is 22.8. The fourth-order valence-electron chi connectivity index (χ4n) is 5.58. The topological polar surface area (TPSA) is 83.8 Å². The smallest absolute Gasteiger partial charge is 0.338 e. The van der Waals surface area contributed by atoms with Crippen LogP contribution in [-0.2, 0) is 9.53 Å². The van der Waals surface area contributed by atoms with Gasteiger partial charge < -0.3 is 14.9 Å². The third kappa shape index (κ3) is 4.31. The maximum atomic E-state index is 13.1. The van der Waals surface area contributed by atoms with Gasteiger partial charge in [-0.3, -0.25) is 0 Å². The van der Waals surface area contributed by atoms with Crippen LogP contribution in [0.5, 0.6) is 0 Å². The highest BCUT2D eigenvalue weighted by Gasteiger charge is 2.56. The molecule has 2 N–H and O–H groups in total. The van der Waals surface area contributed by atoms with Crippen molar-refractivity contribution in [2.45, 2.75) is 17.9 Å². The van der Waals surface area contributed by atoms with E-state index in [0.29, 0.717) is 5.56 Å². The second-order valence-corrected chi connectivity index (χ2v) is 9.02. The average Bonchev–Trinajstić information content (AvgIpc) is 2.88. The molecule has 5 nitrogen and oxygen atoms in total. The van der Waals surface area contributed by atoms with Gasteiger partial charge in [0, 0.05) is 11.8 Å². The first-order valence-corrected chi connectivity index (χ1v) is 11.7. The molecule has 0 spiro atoms. The van der Waals surface area contributed by atoms with E-state index in [9.17, 15) is 19.8 Å². The van der Waals surface area contributed by atoms with Crippen molar-refractivity contribution in [2.24, 2.45) is 11.8 Å². The summed E-state index contributed by atoms with van der Waals surface area (Å²) in [7, 11) is 0. The van der Waals surface area contributed by atoms with E-state index in [-0.39, 0.29) is 24.4 Å². The Morgan fingerprint density at radius 2 is 1.29 bits per heavy atom. The molecular formula is C30H26O5. The average molecular weight is 467 g/mol. The third-order valence-electron chi connectivity index (χ3n) is 7.15. The van der Waals surface area contributed by atoms with Crippen molar-refractivity contribution in [3.05, 3.63) is 120 Å². The van der Waals surface area contributed by atoms with Crippen LogP contribution in [0.3, 0.4) is 0 Å². The normalized spacial score (nSPS) is 22.2. The van der Waals surface area contributed by atoms with E-state index in [2.05, 4.69) is 0 Å². The molecule has 4 aromatic carbocycles. The molecule has 3 atom stereocenters. The third-order valence-corrected chi connectivity index (χ3v) is 7.15. The summed E-state index contributed by atoms with van der Waals surface area (Å²) in [6.45, 7) is 0.115. The van der Waals surface area contributed by atoms with Crippen LogP contribution in [-0.4, -0.2) is 34.9 Å². The van der Waals surface area contributed by atoms with E-state index >= 15 is 0 Å². The lowest BCUT2D eigenvalue weighted by atomic mass is 9.51. The van der Waals surface area contributed by atoms with Gasteiger partial charge in [0.1, 0.15) is 0 Å². The van der Waals surface area contributed by atoms with Crippen LogP contribution in [0.15, 0.2) is 103 Å². The number of esters is 1. The Morgan fingerprint density at radius 1 is 0.743 bits per heavy atom. The summed E-state index contributed by atoms with van der Waals surface area (Å²) in [5.41, 5.74) is 2.35. The summed E-state index contributed by atoms with van der Waals surface area (Å²) in [6, 6.07) is 32.3. The first-order valence-electron chi connectivity index (χ1n) is 11.7. The van der Waals surface area contributed by atoms with Crippen molar-refractivity contribution >= 4 is 22.7 Å². The minimum atomic E-state index is -1.53. The van der Waals surface area contributed by atoms with Gasteiger partial charge in [0.05, 0.1) is 12.2 Å². The highest BCUT2D eigenvalue weighted by Crippen LogP contribution is 2.58. The van der Waals surface area contributed by atoms with Crippen LogP contribution in [0.25, 0.3) is 10.8 Å². The molecule has 3 unspecified atom stereocenters. The first-order chi connectivity index (χ1) is 17.1. The lowest BCUT2D eigenvalue weighted by molar-refractivity contribution is -0.156. The monoisotopic (exact) mass is 466 g/mol. The predicted octanol–water partition coefficient (Wildman–Crippen LogP) is 5.26. The van der Waals surface area contributed by atoms with Crippen LogP contribution >= 0.6 is 0 Å². The summed E-state index contributed by atoms with van der Waals surface area (Å²) in [5.74, 6) is -2.93. The zero-order valence-corrected chi connectivity index (χ0v) is 19.0. The molecule has 1 saturated carbocycles.